The summed E-state index contributed by atoms with van der Waals surface area (Å²) in [5, 5.41) is 11.5. The van der Waals surface area contributed by atoms with E-state index in [4.69, 9.17) is 4.74 Å². The van der Waals surface area contributed by atoms with E-state index in [1.54, 1.807) is 9.30 Å². The first-order chi connectivity index (χ1) is 12.5. The predicted octanol–water partition coefficient (Wildman–Crippen LogP) is 3.07. The fraction of sp³-hybridized carbons (Fsp3) is 0.278. The monoisotopic (exact) mass is 371 g/mol. The number of ether oxygens (including phenoxy) is 1. The molecule has 1 aliphatic heterocycles. The van der Waals surface area contributed by atoms with Crippen molar-refractivity contribution in [1.29, 1.82) is 0 Å². The summed E-state index contributed by atoms with van der Waals surface area (Å²) in [6.45, 7) is 4.38. The number of carbonyl (C=O) groups is 2. The minimum absolute atomic E-state index is 0.0351. The van der Waals surface area contributed by atoms with Crippen LogP contribution in [-0.2, 0) is 11.2 Å². The number of thiazole rings is 1. The summed E-state index contributed by atoms with van der Waals surface area (Å²) in [5.41, 5.74) is 3.02. The van der Waals surface area contributed by atoms with E-state index >= 15 is 0 Å². The third-order valence-corrected chi connectivity index (χ3v) is 5.31. The molecule has 1 aliphatic rings. The lowest BCUT2D eigenvalue weighted by Crippen LogP contribution is -2.38. The molecule has 3 heterocycles. The van der Waals surface area contributed by atoms with E-state index in [9.17, 15) is 14.7 Å². The van der Waals surface area contributed by atoms with Crippen LogP contribution in [0.3, 0.4) is 0 Å². The van der Waals surface area contributed by atoms with E-state index in [2.05, 4.69) is 4.98 Å². The van der Waals surface area contributed by atoms with Gasteiger partial charge in [-0.3, -0.25) is 9.20 Å². The average molecular weight is 371 g/mol. The second-order valence-electron chi connectivity index (χ2n) is 5.91. The first kappa shape index (κ1) is 16.6. The van der Waals surface area contributed by atoms with Crippen LogP contribution in [0.4, 0.5) is 5.69 Å². The molecule has 0 aliphatic carbocycles. The van der Waals surface area contributed by atoms with Crippen molar-refractivity contribution < 1.29 is 19.4 Å². The van der Waals surface area contributed by atoms with Crippen LogP contribution in [0.5, 0.6) is 5.75 Å². The number of aromatic nitrogens is 2. The van der Waals surface area contributed by atoms with E-state index in [1.165, 1.54) is 11.3 Å². The van der Waals surface area contributed by atoms with Crippen LogP contribution in [-0.4, -0.2) is 39.5 Å². The molecule has 0 unspecified atom stereocenters. The van der Waals surface area contributed by atoms with Crippen LogP contribution in [0.1, 0.15) is 30.0 Å². The van der Waals surface area contributed by atoms with Crippen molar-refractivity contribution >= 4 is 33.9 Å². The number of rotatable bonds is 4. The fourth-order valence-corrected chi connectivity index (χ4v) is 4.19. The maximum atomic E-state index is 12.1. The summed E-state index contributed by atoms with van der Waals surface area (Å²) < 4.78 is 7.19. The minimum atomic E-state index is -0.999. The number of hydrogen-bond donors (Lipinski definition) is 1. The number of nitrogens with zero attached hydrogens (tertiary/aromatic N) is 3. The fourth-order valence-electron chi connectivity index (χ4n) is 3.28. The van der Waals surface area contributed by atoms with Gasteiger partial charge in [0.15, 0.2) is 17.3 Å². The quantitative estimate of drug-likeness (QED) is 0.762. The van der Waals surface area contributed by atoms with Gasteiger partial charge in [-0.25, -0.2) is 9.78 Å². The molecule has 2 aromatic heterocycles. The Balaban J connectivity index is 1.92. The standard InChI is InChI=1S/C18H17N3O4S/c1-3-11-16(17(23)24)21-13(9-26-18(21)19-11)10-5-6-14-12(7-10)20(4-2)15(22)8-25-14/h5-7,9H,3-4,8H2,1-2H3,(H,23,24). The van der Waals surface area contributed by atoms with Gasteiger partial charge in [-0.1, -0.05) is 6.92 Å². The number of anilines is 1. The number of benzene rings is 1. The van der Waals surface area contributed by atoms with Crippen LogP contribution in [0, 0.1) is 0 Å². The molecule has 0 spiro atoms. The van der Waals surface area contributed by atoms with Gasteiger partial charge in [0.1, 0.15) is 5.75 Å². The van der Waals surface area contributed by atoms with Crippen molar-refractivity contribution in [3.05, 3.63) is 35.0 Å². The normalized spacial score (nSPS) is 13.8. The van der Waals surface area contributed by atoms with Crippen molar-refractivity contribution in [2.75, 3.05) is 18.1 Å². The minimum Gasteiger partial charge on any atom is -0.482 e. The van der Waals surface area contributed by atoms with Gasteiger partial charge in [-0.05, 0) is 31.5 Å². The molecule has 0 fully saturated rings. The first-order valence-electron chi connectivity index (χ1n) is 8.34. The highest BCUT2D eigenvalue weighted by molar-refractivity contribution is 7.15. The molecule has 0 saturated carbocycles. The number of carboxylic acids is 1. The molecule has 1 aromatic carbocycles. The zero-order valence-corrected chi connectivity index (χ0v) is 15.2. The zero-order valence-electron chi connectivity index (χ0n) is 14.4. The van der Waals surface area contributed by atoms with Gasteiger partial charge in [-0.2, -0.15) is 0 Å². The molecule has 0 bridgehead atoms. The van der Waals surface area contributed by atoms with Crippen LogP contribution in [0.25, 0.3) is 16.2 Å². The highest BCUT2D eigenvalue weighted by Crippen LogP contribution is 2.37. The molecule has 4 rings (SSSR count). The maximum Gasteiger partial charge on any atom is 0.354 e. The smallest absolute Gasteiger partial charge is 0.354 e. The third kappa shape index (κ3) is 2.37. The van der Waals surface area contributed by atoms with Crippen LogP contribution in [0.2, 0.25) is 0 Å². The summed E-state index contributed by atoms with van der Waals surface area (Å²) in [4.78, 5) is 30.6. The summed E-state index contributed by atoms with van der Waals surface area (Å²) in [7, 11) is 0. The second kappa shape index (κ2) is 6.14. The van der Waals surface area contributed by atoms with Gasteiger partial charge in [0, 0.05) is 17.5 Å². The molecular formula is C18H17N3O4S. The largest absolute Gasteiger partial charge is 0.482 e. The molecule has 26 heavy (non-hydrogen) atoms. The number of fused-ring (bicyclic) bond motifs is 2. The number of aromatic carboxylic acids is 1. The van der Waals surface area contributed by atoms with E-state index in [0.717, 1.165) is 11.3 Å². The SMILES string of the molecule is CCc1nc2scc(-c3ccc4c(c3)N(CC)C(=O)CO4)n2c1C(=O)O. The summed E-state index contributed by atoms with van der Waals surface area (Å²) in [6.07, 6.45) is 0.547. The zero-order chi connectivity index (χ0) is 18.4. The van der Waals surface area contributed by atoms with Crippen molar-refractivity contribution in [2.45, 2.75) is 20.3 Å². The molecular weight excluding hydrogens is 354 g/mol. The molecule has 134 valence electrons. The van der Waals surface area contributed by atoms with Gasteiger partial charge < -0.3 is 14.7 Å². The number of carboxylic acid groups (broad SMARTS) is 1. The van der Waals surface area contributed by atoms with Gasteiger partial charge in [-0.15, -0.1) is 11.3 Å². The lowest BCUT2D eigenvalue weighted by molar-refractivity contribution is -0.121. The van der Waals surface area contributed by atoms with Gasteiger partial charge >= 0.3 is 5.97 Å². The van der Waals surface area contributed by atoms with Gasteiger partial charge in [0.05, 0.1) is 17.1 Å². The van der Waals surface area contributed by atoms with E-state index in [0.29, 0.717) is 35.1 Å². The van der Waals surface area contributed by atoms with Crippen LogP contribution < -0.4 is 9.64 Å². The predicted molar refractivity (Wildman–Crippen MR) is 98.4 cm³/mol. The van der Waals surface area contributed by atoms with Gasteiger partial charge in [0.2, 0.25) is 0 Å². The van der Waals surface area contributed by atoms with Crippen molar-refractivity contribution in [2.24, 2.45) is 0 Å². The Hall–Kier alpha value is -2.87. The third-order valence-electron chi connectivity index (χ3n) is 4.49. The van der Waals surface area contributed by atoms with Crippen molar-refractivity contribution in [3.8, 4) is 17.0 Å². The molecule has 0 radical (unpaired) electrons. The molecule has 0 atom stereocenters. The van der Waals surface area contributed by atoms with Gasteiger partial charge in [0.25, 0.3) is 5.91 Å². The number of likely N-dealkylation sites (N-methyl/N-ethyl adjacent to an activating group) is 1. The van der Waals surface area contributed by atoms with Crippen LogP contribution in [0.15, 0.2) is 23.6 Å². The molecule has 3 aromatic rings. The lowest BCUT2D eigenvalue weighted by atomic mass is 10.1. The summed E-state index contributed by atoms with van der Waals surface area (Å²) in [5.74, 6) is -0.435. The Morgan fingerprint density at radius 2 is 2.19 bits per heavy atom. The Morgan fingerprint density at radius 3 is 2.88 bits per heavy atom. The Bertz CT molecular complexity index is 1040. The number of imidazole rings is 1. The number of carbonyl (C=O) groups excluding carboxylic acids is 1. The molecule has 1 N–H and O–H groups in total. The van der Waals surface area contributed by atoms with Crippen molar-refractivity contribution in [1.82, 2.24) is 9.38 Å². The average Bonchev–Trinajstić information content (AvgIpc) is 3.19. The molecule has 8 heteroatoms. The highest BCUT2D eigenvalue weighted by Gasteiger charge is 2.26. The Morgan fingerprint density at radius 1 is 1.38 bits per heavy atom. The number of hydrogen-bond acceptors (Lipinski definition) is 5. The Kier molecular flexibility index (Phi) is 3.91. The summed E-state index contributed by atoms with van der Waals surface area (Å²) >= 11 is 1.40. The molecule has 1 amide bonds. The maximum absolute atomic E-state index is 12.1. The van der Waals surface area contributed by atoms with E-state index in [-0.39, 0.29) is 18.2 Å². The number of aryl methyl sites for hydroxylation is 1. The van der Waals surface area contributed by atoms with Crippen LogP contribution >= 0.6 is 11.3 Å². The summed E-state index contributed by atoms with van der Waals surface area (Å²) in [6, 6.07) is 5.57. The lowest BCUT2D eigenvalue weighted by Gasteiger charge is -2.28. The van der Waals surface area contributed by atoms with Crippen molar-refractivity contribution in [3.63, 3.8) is 0 Å². The van der Waals surface area contributed by atoms with E-state index in [1.807, 2.05) is 37.4 Å². The Labute approximate surface area is 153 Å². The topological polar surface area (TPSA) is 84.1 Å². The molecule has 0 saturated heterocycles. The first-order valence-corrected chi connectivity index (χ1v) is 9.22. The second-order valence-corrected chi connectivity index (χ2v) is 6.75. The number of amides is 1. The van der Waals surface area contributed by atoms with E-state index < -0.39 is 5.97 Å². The highest BCUT2D eigenvalue weighted by atomic mass is 32.1. The molecule has 7 nitrogen and oxygen atoms in total.